The average molecular weight is 268 g/mol. The van der Waals surface area contributed by atoms with E-state index in [-0.39, 0.29) is 29.9 Å². The molecule has 1 fully saturated rings. The van der Waals surface area contributed by atoms with Gasteiger partial charge in [0.1, 0.15) is 6.20 Å². The van der Waals surface area contributed by atoms with Crippen molar-refractivity contribution in [2.24, 2.45) is 5.92 Å². The molecule has 0 radical (unpaired) electrons. The van der Waals surface area contributed by atoms with Crippen LogP contribution in [0, 0.1) is 16.0 Å². The Hall–Kier alpha value is -1.96. The highest BCUT2D eigenvalue weighted by Gasteiger charge is 2.29. The first-order valence-corrected chi connectivity index (χ1v) is 6.23. The molecule has 8 heteroatoms. The molecule has 0 bridgehead atoms. The van der Waals surface area contributed by atoms with Crippen LogP contribution in [0.15, 0.2) is 6.20 Å². The number of rotatable bonds is 4. The molecule has 0 aromatic carbocycles. The van der Waals surface area contributed by atoms with E-state index in [4.69, 9.17) is 0 Å². The molecule has 1 aliphatic carbocycles. The number of H-pyrrole nitrogens is 1. The summed E-state index contributed by atoms with van der Waals surface area (Å²) in [5, 5.41) is 28.6. The van der Waals surface area contributed by atoms with Crippen LogP contribution in [0.1, 0.15) is 36.2 Å². The monoisotopic (exact) mass is 268 g/mol. The largest absolute Gasteiger partial charge is 0.396 e. The maximum Gasteiger partial charge on any atom is 0.319 e. The Morgan fingerprint density at radius 1 is 1.58 bits per heavy atom. The summed E-state index contributed by atoms with van der Waals surface area (Å²) >= 11 is 0. The van der Waals surface area contributed by atoms with Crippen molar-refractivity contribution in [2.75, 3.05) is 6.61 Å². The van der Waals surface area contributed by atoms with Gasteiger partial charge in [0.15, 0.2) is 0 Å². The van der Waals surface area contributed by atoms with Crippen LogP contribution in [-0.4, -0.2) is 38.8 Å². The van der Waals surface area contributed by atoms with Gasteiger partial charge in [-0.2, -0.15) is 5.10 Å². The number of nitrogens with one attached hydrogen (secondary N) is 2. The summed E-state index contributed by atoms with van der Waals surface area (Å²) in [5.74, 6) is -0.533. The molecule has 0 spiro atoms. The van der Waals surface area contributed by atoms with Crippen LogP contribution in [0.4, 0.5) is 5.69 Å². The summed E-state index contributed by atoms with van der Waals surface area (Å²) in [6.45, 7) is 0.00994. The molecule has 3 N–H and O–H groups in total. The van der Waals surface area contributed by atoms with Gasteiger partial charge in [0, 0.05) is 18.6 Å². The summed E-state index contributed by atoms with van der Waals surface area (Å²) in [6.07, 6.45) is 4.65. The molecule has 19 heavy (non-hydrogen) atoms. The second-order valence-corrected chi connectivity index (χ2v) is 4.69. The van der Waals surface area contributed by atoms with Crippen molar-refractivity contribution in [3.63, 3.8) is 0 Å². The zero-order chi connectivity index (χ0) is 13.8. The maximum atomic E-state index is 12.0. The summed E-state index contributed by atoms with van der Waals surface area (Å²) in [5.41, 5.74) is -0.485. The highest BCUT2D eigenvalue weighted by Crippen LogP contribution is 2.24. The van der Waals surface area contributed by atoms with Crippen molar-refractivity contribution >= 4 is 11.6 Å². The van der Waals surface area contributed by atoms with Crippen LogP contribution in [0.2, 0.25) is 0 Å². The van der Waals surface area contributed by atoms with E-state index in [1.807, 2.05) is 0 Å². The van der Waals surface area contributed by atoms with E-state index >= 15 is 0 Å². The highest BCUT2D eigenvalue weighted by atomic mass is 16.6. The lowest BCUT2D eigenvalue weighted by Crippen LogP contribution is -2.43. The fourth-order valence-corrected chi connectivity index (χ4v) is 2.44. The molecule has 1 amide bonds. The first kappa shape index (κ1) is 13.5. The van der Waals surface area contributed by atoms with Crippen LogP contribution >= 0.6 is 0 Å². The Morgan fingerprint density at radius 3 is 3.00 bits per heavy atom. The molecule has 0 unspecified atom stereocenters. The fourth-order valence-electron chi connectivity index (χ4n) is 2.44. The Labute approximate surface area is 109 Å². The second kappa shape index (κ2) is 5.79. The summed E-state index contributed by atoms with van der Waals surface area (Å²) in [7, 11) is 0. The number of aromatic nitrogens is 2. The van der Waals surface area contributed by atoms with Gasteiger partial charge in [-0.15, -0.1) is 0 Å². The lowest BCUT2D eigenvalue weighted by atomic mass is 9.85. The molecule has 1 aromatic heterocycles. The van der Waals surface area contributed by atoms with Gasteiger partial charge >= 0.3 is 5.69 Å². The van der Waals surface area contributed by atoms with Crippen LogP contribution in [0.5, 0.6) is 0 Å². The number of hydrogen-bond acceptors (Lipinski definition) is 5. The van der Waals surface area contributed by atoms with E-state index < -0.39 is 10.8 Å². The quantitative estimate of drug-likeness (QED) is 0.545. The third-order valence-corrected chi connectivity index (χ3v) is 3.50. The number of aliphatic hydroxyl groups is 1. The van der Waals surface area contributed by atoms with Gasteiger partial charge in [0.05, 0.1) is 4.92 Å². The molecule has 2 atom stereocenters. The standard InChI is InChI=1S/C11H16N4O4/c16-6-7-3-1-2-4-8(7)13-11(17)10-9(15(18)19)5-12-14-10/h5,7-8,16H,1-4,6H2,(H,12,14)(H,13,17)/t7-,8+/m1/s1. The van der Waals surface area contributed by atoms with Crippen molar-refractivity contribution in [2.45, 2.75) is 31.7 Å². The highest BCUT2D eigenvalue weighted by molar-refractivity contribution is 5.96. The summed E-state index contributed by atoms with van der Waals surface area (Å²) < 4.78 is 0. The van der Waals surface area contributed by atoms with E-state index in [1.165, 1.54) is 0 Å². The Bertz CT molecular complexity index is 473. The SMILES string of the molecule is O=C(N[C@H]1CCCC[C@@H]1CO)c1[nH]ncc1[N+](=O)[O-]. The molecule has 8 nitrogen and oxygen atoms in total. The van der Waals surface area contributed by atoms with Gasteiger partial charge in [-0.25, -0.2) is 0 Å². The van der Waals surface area contributed by atoms with Crippen molar-refractivity contribution in [3.8, 4) is 0 Å². The van der Waals surface area contributed by atoms with Gasteiger partial charge in [-0.1, -0.05) is 12.8 Å². The summed E-state index contributed by atoms with van der Waals surface area (Å²) in [6, 6.07) is -0.144. The smallest absolute Gasteiger partial charge is 0.319 e. The minimum Gasteiger partial charge on any atom is -0.396 e. The van der Waals surface area contributed by atoms with Crippen molar-refractivity contribution in [1.29, 1.82) is 0 Å². The molecule has 1 aromatic rings. The molecule has 0 aliphatic heterocycles. The number of nitro groups is 1. The molecule has 0 saturated heterocycles. The third-order valence-electron chi connectivity index (χ3n) is 3.50. The van der Waals surface area contributed by atoms with Crippen LogP contribution in [-0.2, 0) is 0 Å². The molecule has 1 saturated carbocycles. The van der Waals surface area contributed by atoms with Gasteiger partial charge in [-0.05, 0) is 12.8 Å². The zero-order valence-corrected chi connectivity index (χ0v) is 10.3. The minimum atomic E-state index is -0.650. The van der Waals surface area contributed by atoms with E-state index in [0.29, 0.717) is 0 Å². The number of aromatic amines is 1. The van der Waals surface area contributed by atoms with E-state index in [0.717, 1.165) is 31.9 Å². The number of aliphatic hydroxyl groups excluding tert-OH is 1. The molecule has 1 aliphatic rings. The van der Waals surface area contributed by atoms with Gasteiger partial charge < -0.3 is 10.4 Å². The van der Waals surface area contributed by atoms with E-state index in [2.05, 4.69) is 15.5 Å². The number of carbonyl (C=O) groups excluding carboxylic acids is 1. The first-order chi connectivity index (χ1) is 9.13. The molecular weight excluding hydrogens is 252 g/mol. The Morgan fingerprint density at radius 2 is 2.32 bits per heavy atom. The Kier molecular flexibility index (Phi) is 4.10. The number of carbonyl (C=O) groups is 1. The van der Waals surface area contributed by atoms with Crippen molar-refractivity contribution in [3.05, 3.63) is 22.0 Å². The lowest BCUT2D eigenvalue weighted by Gasteiger charge is -2.30. The van der Waals surface area contributed by atoms with E-state index in [9.17, 15) is 20.0 Å². The molecular formula is C11H16N4O4. The average Bonchev–Trinajstić information content (AvgIpc) is 2.88. The number of hydrogen-bond donors (Lipinski definition) is 3. The first-order valence-electron chi connectivity index (χ1n) is 6.23. The summed E-state index contributed by atoms with van der Waals surface area (Å²) in [4.78, 5) is 22.1. The minimum absolute atomic E-state index is 0.00994. The maximum absolute atomic E-state index is 12.0. The topological polar surface area (TPSA) is 121 Å². The van der Waals surface area contributed by atoms with E-state index in [1.54, 1.807) is 0 Å². The normalized spacial score (nSPS) is 23.0. The molecule has 2 rings (SSSR count). The van der Waals surface area contributed by atoms with Gasteiger partial charge in [0.25, 0.3) is 5.91 Å². The zero-order valence-electron chi connectivity index (χ0n) is 10.3. The molecule has 1 heterocycles. The van der Waals surface area contributed by atoms with Crippen molar-refractivity contribution in [1.82, 2.24) is 15.5 Å². The lowest BCUT2D eigenvalue weighted by molar-refractivity contribution is -0.385. The third kappa shape index (κ3) is 2.90. The fraction of sp³-hybridized carbons (Fsp3) is 0.636. The van der Waals surface area contributed by atoms with Gasteiger partial charge in [-0.3, -0.25) is 20.0 Å². The Balaban J connectivity index is 2.07. The van der Waals surface area contributed by atoms with Gasteiger partial charge in [0.2, 0.25) is 5.69 Å². The van der Waals surface area contributed by atoms with Crippen molar-refractivity contribution < 1.29 is 14.8 Å². The second-order valence-electron chi connectivity index (χ2n) is 4.69. The predicted molar refractivity (Wildman–Crippen MR) is 65.5 cm³/mol. The number of nitrogens with zero attached hydrogens (tertiary/aromatic N) is 2. The predicted octanol–water partition coefficient (Wildman–Crippen LogP) is 0.599. The van der Waals surface area contributed by atoms with Crippen LogP contribution in [0.25, 0.3) is 0 Å². The van der Waals surface area contributed by atoms with Crippen LogP contribution in [0.3, 0.4) is 0 Å². The number of amides is 1. The molecule has 104 valence electrons. The van der Waals surface area contributed by atoms with Crippen LogP contribution < -0.4 is 5.32 Å².